The maximum Gasteiger partial charge on any atom is 0.310 e. The second-order valence-corrected chi connectivity index (χ2v) is 5.23. The molecule has 0 bridgehead atoms. The van der Waals surface area contributed by atoms with Gasteiger partial charge in [-0.1, -0.05) is 0 Å². The Balaban J connectivity index is 2.53. The highest BCUT2D eigenvalue weighted by Gasteiger charge is 2.38. The number of aliphatic imine (C=N–C) groups is 1. The Morgan fingerprint density at radius 2 is 2.33 bits per heavy atom. The molecule has 0 radical (unpaired) electrons. The molecule has 0 aromatic carbocycles. The third-order valence-electron chi connectivity index (χ3n) is 2.14. The molecule has 78 valence electrons. The summed E-state index contributed by atoms with van der Waals surface area (Å²) in [5.74, 6) is -0.0425. The van der Waals surface area contributed by atoms with Crippen molar-refractivity contribution in [2.75, 3.05) is 0 Å². The largest absolute Gasteiger partial charge is 0.310 e. The summed E-state index contributed by atoms with van der Waals surface area (Å²) < 4.78 is 3.59. The molecule has 1 atom stereocenters. The number of hydrogen-bond acceptors (Lipinski definition) is 3. The molecule has 6 heteroatoms. The second-order valence-electron chi connectivity index (χ2n) is 3.29. The van der Waals surface area contributed by atoms with Crippen molar-refractivity contribution >= 4 is 59.4 Å². The van der Waals surface area contributed by atoms with E-state index in [2.05, 4.69) is 48.6 Å². The molecule has 4 nitrogen and oxygen atoms in total. The summed E-state index contributed by atoms with van der Waals surface area (Å²) in [5.41, 5.74) is 1.40. The van der Waals surface area contributed by atoms with Crippen molar-refractivity contribution in [1.29, 1.82) is 0 Å². The average molecular weight is 381 g/mol. The number of rotatable bonds is 1. The van der Waals surface area contributed by atoms with Crippen LogP contribution in [0.15, 0.2) is 20.7 Å². The van der Waals surface area contributed by atoms with Gasteiger partial charge in [-0.25, -0.2) is 4.99 Å². The fourth-order valence-electron chi connectivity index (χ4n) is 1.36. The highest BCUT2D eigenvalue weighted by atomic mass is 127. The van der Waals surface area contributed by atoms with Gasteiger partial charge in [-0.2, -0.15) is 0 Å². The van der Waals surface area contributed by atoms with E-state index in [1.54, 1.807) is 10.8 Å². The van der Waals surface area contributed by atoms with Gasteiger partial charge >= 0.3 is 6.17 Å². The topological polar surface area (TPSA) is 44.8 Å². The first kappa shape index (κ1) is 11.1. The van der Waals surface area contributed by atoms with Gasteiger partial charge in [0, 0.05) is 34.6 Å². The smallest absolute Gasteiger partial charge is 0.293 e. The molecule has 0 N–H and O–H groups in total. The Morgan fingerprint density at radius 3 is 2.93 bits per heavy atom. The van der Waals surface area contributed by atoms with Crippen molar-refractivity contribution in [1.82, 2.24) is 0 Å². The first-order valence-electron chi connectivity index (χ1n) is 4.34. The number of carbonyl (C=O) groups is 1. The van der Waals surface area contributed by atoms with E-state index >= 15 is 0 Å². The lowest BCUT2D eigenvalue weighted by atomic mass is 10.2. The van der Waals surface area contributed by atoms with Crippen molar-refractivity contribution in [3.63, 3.8) is 0 Å². The monoisotopic (exact) mass is 380 g/mol. The minimum atomic E-state index is -0.125. The van der Waals surface area contributed by atoms with Crippen LogP contribution in [-0.4, -0.2) is 31.8 Å². The molecule has 0 spiro atoms. The van der Waals surface area contributed by atoms with Gasteiger partial charge in [0.2, 0.25) is 0 Å². The molecule has 0 fully saturated rings. The van der Waals surface area contributed by atoms with E-state index in [-0.39, 0.29) is 11.9 Å². The lowest BCUT2D eigenvalue weighted by molar-refractivity contribution is -0.551. The van der Waals surface area contributed by atoms with Gasteiger partial charge in [0.1, 0.15) is 5.71 Å². The van der Waals surface area contributed by atoms with Crippen molar-refractivity contribution in [3.05, 3.63) is 10.6 Å². The van der Waals surface area contributed by atoms with E-state index < -0.39 is 0 Å². The predicted molar refractivity (Wildman–Crippen MR) is 71.3 cm³/mol. The molecular formula is C9H8BrIN3O+. The van der Waals surface area contributed by atoms with Gasteiger partial charge < -0.3 is 0 Å². The Morgan fingerprint density at radius 1 is 1.67 bits per heavy atom. The molecular weight excluding hydrogens is 373 g/mol. The average Bonchev–Trinajstić information content (AvgIpc) is 2.45. The first-order valence-corrected chi connectivity index (χ1v) is 6.21. The van der Waals surface area contributed by atoms with Gasteiger partial charge in [-0.05, 0) is 33.6 Å². The quantitative estimate of drug-likeness (QED) is 0.506. The van der Waals surface area contributed by atoms with Crippen LogP contribution in [0.5, 0.6) is 0 Å². The molecule has 0 saturated carbocycles. The number of Topliss-reactive ketones (excluding diaryl/α,β-unsaturated/α-hetero) is 1. The minimum Gasteiger partial charge on any atom is -0.293 e. The van der Waals surface area contributed by atoms with E-state index in [0.29, 0.717) is 5.71 Å². The summed E-state index contributed by atoms with van der Waals surface area (Å²) in [6, 6.07) is 0. The summed E-state index contributed by atoms with van der Waals surface area (Å²) in [6.45, 7) is 3.44. The molecule has 1 unspecified atom stereocenters. The van der Waals surface area contributed by atoms with Crippen LogP contribution in [0.1, 0.15) is 13.8 Å². The van der Waals surface area contributed by atoms with E-state index in [1.165, 1.54) is 6.92 Å². The number of hydrogen-bond donors (Lipinski definition) is 0. The van der Waals surface area contributed by atoms with E-state index in [9.17, 15) is 4.79 Å². The van der Waals surface area contributed by atoms with Gasteiger partial charge in [0.15, 0.2) is 11.5 Å². The van der Waals surface area contributed by atoms with Crippen LogP contribution in [0.2, 0.25) is 0 Å². The normalized spacial score (nSPS) is 24.5. The zero-order chi connectivity index (χ0) is 11.2. The SMILES string of the molecule is CC(=O)C1=N[N+]2=C(I)C(C)=NC2C(Br)=C1. The molecule has 0 aliphatic carbocycles. The fraction of sp³-hybridized carbons (Fsp3) is 0.333. The highest BCUT2D eigenvalue weighted by Crippen LogP contribution is 2.25. The lowest BCUT2D eigenvalue weighted by Crippen LogP contribution is -2.27. The van der Waals surface area contributed by atoms with Crippen molar-refractivity contribution in [2.45, 2.75) is 20.0 Å². The first-order chi connectivity index (χ1) is 7.00. The van der Waals surface area contributed by atoms with Gasteiger partial charge in [0.25, 0.3) is 3.72 Å². The lowest BCUT2D eigenvalue weighted by Gasteiger charge is -2.07. The number of ketones is 1. The van der Waals surface area contributed by atoms with Crippen LogP contribution in [0.3, 0.4) is 0 Å². The summed E-state index contributed by atoms with van der Waals surface area (Å²) in [5, 5.41) is 4.26. The molecule has 0 aromatic heterocycles. The zero-order valence-corrected chi connectivity index (χ0v) is 11.9. The number of halogens is 2. The van der Waals surface area contributed by atoms with Gasteiger partial charge in [0.05, 0.1) is 4.48 Å². The number of fused-ring (bicyclic) bond motifs is 1. The standard InChI is InChI=1S/C9H8BrIN3O/c1-4-8(11)14-9(12-4)6(10)3-7(13-14)5(2)15/h3,9H,1-2H3/q+1. The van der Waals surface area contributed by atoms with Crippen LogP contribution < -0.4 is 0 Å². The molecule has 2 heterocycles. The van der Waals surface area contributed by atoms with Crippen LogP contribution in [0.25, 0.3) is 0 Å². The molecule has 2 aliphatic heterocycles. The van der Waals surface area contributed by atoms with Crippen LogP contribution in [-0.2, 0) is 4.79 Å². The fourth-order valence-corrected chi connectivity index (χ4v) is 2.39. The third-order valence-corrected chi connectivity index (χ3v) is 4.06. The summed E-state index contributed by atoms with van der Waals surface area (Å²) >= 11 is 5.60. The molecule has 2 rings (SSSR count). The second kappa shape index (κ2) is 3.89. The third kappa shape index (κ3) is 1.84. The number of nitrogens with zero attached hydrogens (tertiary/aromatic N) is 3. The molecule has 0 saturated heterocycles. The highest BCUT2D eigenvalue weighted by molar-refractivity contribution is 14.1. The van der Waals surface area contributed by atoms with Crippen molar-refractivity contribution in [3.8, 4) is 0 Å². The van der Waals surface area contributed by atoms with E-state index in [4.69, 9.17) is 0 Å². The summed E-state index contributed by atoms with van der Waals surface area (Å²) in [7, 11) is 0. The van der Waals surface area contributed by atoms with Crippen molar-refractivity contribution < 1.29 is 9.48 Å². The number of allylic oxidation sites excluding steroid dienone is 1. The summed E-state index contributed by atoms with van der Waals surface area (Å²) in [6.07, 6.45) is 1.61. The Kier molecular flexibility index (Phi) is 2.89. The maximum atomic E-state index is 11.2. The van der Waals surface area contributed by atoms with Gasteiger partial charge in [-0.15, -0.1) is 0 Å². The number of carbonyl (C=O) groups excluding carboxylic acids is 1. The van der Waals surface area contributed by atoms with E-state index in [0.717, 1.165) is 13.9 Å². The summed E-state index contributed by atoms with van der Waals surface area (Å²) in [4.78, 5) is 15.7. The molecule has 2 aliphatic rings. The Bertz CT molecular complexity index is 476. The maximum absolute atomic E-state index is 11.2. The Labute approximate surface area is 109 Å². The zero-order valence-electron chi connectivity index (χ0n) is 8.16. The minimum absolute atomic E-state index is 0.0425. The molecule has 0 aromatic rings. The molecule has 15 heavy (non-hydrogen) atoms. The van der Waals surface area contributed by atoms with Crippen LogP contribution >= 0.6 is 38.5 Å². The van der Waals surface area contributed by atoms with Crippen LogP contribution in [0, 0.1) is 0 Å². The Hall–Kier alpha value is -0.370. The van der Waals surface area contributed by atoms with Gasteiger partial charge in [-0.3, -0.25) is 4.79 Å². The van der Waals surface area contributed by atoms with Crippen molar-refractivity contribution in [2.24, 2.45) is 10.1 Å². The van der Waals surface area contributed by atoms with Crippen LogP contribution in [0.4, 0.5) is 0 Å². The molecule has 0 amide bonds. The number of hydrazone groups is 1. The van der Waals surface area contributed by atoms with E-state index in [1.807, 2.05) is 6.92 Å². The predicted octanol–water partition coefficient (Wildman–Crippen LogP) is 1.87.